The lowest BCUT2D eigenvalue weighted by Crippen LogP contribution is -2.01. The maximum absolute atomic E-state index is 6.75. The van der Waals surface area contributed by atoms with Crippen molar-refractivity contribution in [2.24, 2.45) is 0 Å². The fourth-order valence-corrected chi connectivity index (χ4v) is 8.76. The Labute approximate surface area is 322 Å². The largest absolute Gasteiger partial charge is 0.456 e. The van der Waals surface area contributed by atoms with E-state index in [9.17, 15) is 0 Å². The lowest BCUT2D eigenvalue weighted by Gasteiger charge is -2.24. The van der Waals surface area contributed by atoms with Crippen LogP contribution in [-0.4, -0.2) is 14.5 Å². The lowest BCUT2D eigenvalue weighted by atomic mass is 9.90. The molecule has 0 saturated heterocycles. The van der Waals surface area contributed by atoms with E-state index in [1.54, 1.807) is 0 Å². The first-order valence-corrected chi connectivity index (χ1v) is 19.0. The van der Waals surface area contributed by atoms with Gasteiger partial charge in [0.05, 0.1) is 33.5 Å². The van der Waals surface area contributed by atoms with Crippen molar-refractivity contribution >= 4 is 54.4 Å². The molecule has 11 aromatic rings. The van der Waals surface area contributed by atoms with Crippen LogP contribution in [0.25, 0.3) is 105 Å². The summed E-state index contributed by atoms with van der Waals surface area (Å²) in [5.41, 5.74) is 13.4. The Morgan fingerprint density at radius 1 is 0.375 bits per heavy atom. The Bertz CT molecular complexity index is 3400. The molecular weight excluding hydrogens is 683 g/mol. The molecule has 0 N–H and O–H groups in total. The third kappa shape index (κ3) is 4.66. The van der Waals surface area contributed by atoms with E-state index in [1.807, 2.05) is 30.3 Å². The molecule has 4 heteroatoms. The quantitative estimate of drug-likeness (QED) is 0.182. The molecule has 1 aliphatic heterocycles. The summed E-state index contributed by atoms with van der Waals surface area (Å²) < 4.78 is 9.14. The molecule has 9 aromatic carbocycles. The molecular formula is C52H31N3O. The Hall–Kier alpha value is -7.56. The van der Waals surface area contributed by atoms with Gasteiger partial charge in [0.1, 0.15) is 11.5 Å². The minimum Gasteiger partial charge on any atom is -0.456 e. The van der Waals surface area contributed by atoms with Gasteiger partial charge < -0.3 is 9.30 Å². The first kappa shape index (κ1) is 30.9. The van der Waals surface area contributed by atoms with Crippen LogP contribution in [0.1, 0.15) is 0 Å². The molecule has 0 unspecified atom stereocenters. The second kappa shape index (κ2) is 12.0. The third-order valence-electron chi connectivity index (χ3n) is 11.3. The highest BCUT2D eigenvalue weighted by molar-refractivity contribution is 6.14. The van der Waals surface area contributed by atoms with E-state index in [1.165, 1.54) is 32.6 Å². The van der Waals surface area contributed by atoms with Crippen molar-refractivity contribution in [3.05, 3.63) is 188 Å². The van der Waals surface area contributed by atoms with Crippen LogP contribution in [0, 0.1) is 0 Å². The number of rotatable bonds is 4. The fraction of sp³-hybridized carbons (Fsp3) is 0. The van der Waals surface area contributed by atoms with E-state index in [-0.39, 0.29) is 0 Å². The van der Waals surface area contributed by atoms with Crippen LogP contribution in [0.15, 0.2) is 188 Å². The molecule has 1 aliphatic rings. The number of fused-ring (bicyclic) bond motifs is 7. The van der Waals surface area contributed by atoms with E-state index in [0.717, 1.165) is 83.8 Å². The van der Waals surface area contributed by atoms with Gasteiger partial charge in [-0.25, -0.2) is 9.97 Å². The maximum Gasteiger partial charge on any atom is 0.135 e. The van der Waals surface area contributed by atoms with Crippen molar-refractivity contribution < 1.29 is 4.74 Å². The summed E-state index contributed by atoms with van der Waals surface area (Å²) >= 11 is 0. The molecule has 0 amide bonds. The minimum atomic E-state index is 0.837. The van der Waals surface area contributed by atoms with Gasteiger partial charge in [0.25, 0.3) is 0 Å². The number of benzene rings is 9. The number of hydrogen-bond acceptors (Lipinski definition) is 3. The summed E-state index contributed by atoms with van der Waals surface area (Å²) in [6.07, 6.45) is 0. The maximum atomic E-state index is 6.75. The van der Waals surface area contributed by atoms with Gasteiger partial charge in [0.2, 0.25) is 0 Å². The summed E-state index contributed by atoms with van der Waals surface area (Å²) in [4.78, 5) is 10.6. The van der Waals surface area contributed by atoms with Gasteiger partial charge in [-0.1, -0.05) is 121 Å². The summed E-state index contributed by atoms with van der Waals surface area (Å²) in [6.45, 7) is 0. The third-order valence-corrected chi connectivity index (χ3v) is 11.3. The first-order chi connectivity index (χ1) is 27.7. The smallest absolute Gasteiger partial charge is 0.135 e. The molecule has 0 spiro atoms. The zero-order valence-corrected chi connectivity index (χ0v) is 30.1. The van der Waals surface area contributed by atoms with Gasteiger partial charge >= 0.3 is 0 Å². The molecule has 0 aliphatic carbocycles. The fourth-order valence-electron chi connectivity index (χ4n) is 8.76. The number of hydrogen-bond donors (Lipinski definition) is 0. The standard InChI is InChI=1S/C52H31N3O/c1-2-12-32(13-3-1)33-16-10-17-36(28-33)51-52(54-45-22-8-7-21-44(45)53-51)41-25-27-49-50-39(41)19-11-20-40(50)43-31-37(24-26-48(43)56-49)55-46-23-9-6-18-38(46)42-29-34-14-4-5-15-35(34)30-47(42)55/h1-31H. The average Bonchev–Trinajstić information content (AvgIpc) is 3.58. The number of aromatic nitrogens is 3. The second-order valence-electron chi connectivity index (χ2n) is 14.5. The second-order valence-corrected chi connectivity index (χ2v) is 14.5. The first-order valence-electron chi connectivity index (χ1n) is 19.0. The van der Waals surface area contributed by atoms with E-state index in [4.69, 9.17) is 14.7 Å². The number of ether oxygens (including phenoxy) is 1. The highest BCUT2D eigenvalue weighted by Crippen LogP contribution is 2.50. The van der Waals surface area contributed by atoms with Crippen LogP contribution < -0.4 is 4.74 Å². The van der Waals surface area contributed by atoms with Crippen molar-refractivity contribution in [3.8, 4) is 62.0 Å². The Kier molecular flexibility index (Phi) is 6.60. The summed E-state index contributed by atoms with van der Waals surface area (Å²) in [7, 11) is 0. The van der Waals surface area contributed by atoms with Crippen molar-refractivity contribution in [1.29, 1.82) is 0 Å². The molecule has 3 heterocycles. The normalized spacial score (nSPS) is 12.1. The molecule has 56 heavy (non-hydrogen) atoms. The molecule has 0 fully saturated rings. The predicted molar refractivity (Wildman–Crippen MR) is 231 cm³/mol. The van der Waals surface area contributed by atoms with Gasteiger partial charge in [-0.2, -0.15) is 0 Å². The van der Waals surface area contributed by atoms with Gasteiger partial charge in [0, 0.05) is 38.5 Å². The summed E-state index contributed by atoms with van der Waals surface area (Å²) in [5, 5.41) is 7.09. The minimum absolute atomic E-state index is 0.837. The molecule has 2 aromatic heterocycles. The Morgan fingerprint density at radius 2 is 1.05 bits per heavy atom. The SMILES string of the molecule is c1ccc(-c2cccc(-c3nc4ccccc4nc3-c3ccc4c5c(cccc35)-c3cc(-n5c6ccccc6c6cc7ccccc7cc65)ccc3O4)c2)cc1. The van der Waals surface area contributed by atoms with Crippen molar-refractivity contribution in [1.82, 2.24) is 14.5 Å². The monoisotopic (exact) mass is 713 g/mol. The molecule has 12 rings (SSSR count). The van der Waals surface area contributed by atoms with E-state index >= 15 is 0 Å². The highest BCUT2D eigenvalue weighted by atomic mass is 16.5. The van der Waals surface area contributed by atoms with E-state index < -0.39 is 0 Å². The van der Waals surface area contributed by atoms with E-state index in [0.29, 0.717) is 0 Å². The van der Waals surface area contributed by atoms with E-state index in [2.05, 4.69) is 162 Å². The van der Waals surface area contributed by atoms with Crippen LogP contribution in [0.5, 0.6) is 11.5 Å². The van der Waals surface area contributed by atoms with Crippen molar-refractivity contribution in [3.63, 3.8) is 0 Å². The van der Waals surface area contributed by atoms with Crippen molar-refractivity contribution in [2.45, 2.75) is 0 Å². The Balaban J connectivity index is 1.06. The Morgan fingerprint density at radius 3 is 1.93 bits per heavy atom. The predicted octanol–water partition coefficient (Wildman–Crippen LogP) is 13.8. The van der Waals surface area contributed by atoms with Gasteiger partial charge in [-0.15, -0.1) is 0 Å². The van der Waals surface area contributed by atoms with Crippen molar-refractivity contribution in [2.75, 3.05) is 0 Å². The van der Waals surface area contributed by atoms with Crippen LogP contribution >= 0.6 is 0 Å². The zero-order valence-electron chi connectivity index (χ0n) is 30.1. The van der Waals surface area contributed by atoms with Gasteiger partial charge in [0.15, 0.2) is 0 Å². The lowest BCUT2D eigenvalue weighted by molar-refractivity contribution is 0.487. The topological polar surface area (TPSA) is 39.9 Å². The molecule has 260 valence electrons. The molecule has 0 bridgehead atoms. The molecule has 0 radical (unpaired) electrons. The summed E-state index contributed by atoms with van der Waals surface area (Å²) in [5.74, 6) is 1.68. The van der Waals surface area contributed by atoms with Crippen LogP contribution in [0.3, 0.4) is 0 Å². The van der Waals surface area contributed by atoms with Crippen LogP contribution in [0.4, 0.5) is 0 Å². The van der Waals surface area contributed by atoms with Crippen LogP contribution in [-0.2, 0) is 0 Å². The number of para-hydroxylation sites is 3. The highest BCUT2D eigenvalue weighted by Gasteiger charge is 2.25. The molecule has 4 nitrogen and oxygen atoms in total. The molecule has 0 atom stereocenters. The zero-order chi connectivity index (χ0) is 36.7. The average molecular weight is 714 g/mol. The summed E-state index contributed by atoms with van der Waals surface area (Å²) in [6, 6.07) is 66.6. The number of nitrogens with zero attached hydrogens (tertiary/aromatic N) is 3. The molecule has 0 saturated carbocycles. The van der Waals surface area contributed by atoms with Crippen LogP contribution in [0.2, 0.25) is 0 Å². The van der Waals surface area contributed by atoms with Gasteiger partial charge in [-0.3, -0.25) is 0 Å². The van der Waals surface area contributed by atoms with Gasteiger partial charge in [-0.05, 0) is 99.6 Å².